The van der Waals surface area contributed by atoms with Crippen molar-refractivity contribution in [2.75, 3.05) is 6.61 Å². The zero-order chi connectivity index (χ0) is 17.0. The maximum Gasteiger partial charge on any atom is 0.0614 e. The molecule has 0 aromatic heterocycles. The van der Waals surface area contributed by atoms with Crippen molar-refractivity contribution in [2.24, 2.45) is 0 Å². The summed E-state index contributed by atoms with van der Waals surface area (Å²) in [5, 5.41) is 8.79. The monoisotopic (exact) mass is 322 g/mol. The first kappa shape index (κ1) is 22.4. The minimum absolute atomic E-state index is 0.193. The van der Waals surface area contributed by atoms with Crippen molar-refractivity contribution in [3.63, 3.8) is 0 Å². The van der Waals surface area contributed by atoms with Gasteiger partial charge in [0.25, 0.3) is 0 Å². The molecule has 0 aliphatic carbocycles. The van der Waals surface area contributed by atoms with E-state index in [1.165, 1.54) is 95.5 Å². The van der Waals surface area contributed by atoms with Crippen LogP contribution < -0.4 is 0 Å². The molecule has 0 radical (unpaired) electrons. The number of aliphatic hydroxyl groups is 1. The highest BCUT2D eigenvalue weighted by Crippen LogP contribution is 2.12. The normalized spacial score (nSPS) is 12.4. The molecule has 0 atom stereocenters. The molecule has 0 saturated carbocycles. The average molecular weight is 323 g/mol. The van der Waals surface area contributed by atoms with Crippen molar-refractivity contribution in [2.45, 2.75) is 110 Å². The van der Waals surface area contributed by atoms with Crippen LogP contribution in [0.25, 0.3) is 0 Å². The van der Waals surface area contributed by atoms with E-state index in [-0.39, 0.29) is 6.61 Å². The van der Waals surface area contributed by atoms with Gasteiger partial charge in [0.2, 0.25) is 0 Å². The smallest absolute Gasteiger partial charge is 0.0614 e. The zero-order valence-corrected chi connectivity index (χ0v) is 16.0. The summed E-state index contributed by atoms with van der Waals surface area (Å²) in [6.07, 6.45) is 27.0. The van der Waals surface area contributed by atoms with E-state index in [1.54, 1.807) is 0 Å². The van der Waals surface area contributed by atoms with Crippen LogP contribution in [0, 0.1) is 0 Å². The molecule has 23 heavy (non-hydrogen) atoms. The van der Waals surface area contributed by atoms with Gasteiger partial charge < -0.3 is 5.11 Å². The molecule has 0 saturated heterocycles. The standard InChI is InChI=1S/C22H42O/c1-3-4-5-6-7-8-9-10-11-12-13-14-15-16-17-18-19-22(2)20-21-23/h10-11,20,23H,3-9,12-19,21H2,1-2H3/b11-10-,22-20?. The van der Waals surface area contributed by atoms with E-state index in [1.807, 2.05) is 6.08 Å². The predicted octanol–water partition coefficient (Wildman–Crippen LogP) is 7.35. The first-order valence-electron chi connectivity index (χ1n) is 10.2. The lowest BCUT2D eigenvalue weighted by molar-refractivity contribution is 0.341. The third-order valence-corrected chi connectivity index (χ3v) is 4.52. The molecule has 0 bridgehead atoms. The van der Waals surface area contributed by atoms with Gasteiger partial charge in [-0.1, -0.05) is 88.5 Å². The van der Waals surface area contributed by atoms with E-state index < -0.39 is 0 Å². The molecule has 0 rings (SSSR count). The molecule has 0 aliphatic rings. The summed E-state index contributed by atoms with van der Waals surface area (Å²) in [4.78, 5) is 0. The Hall–Kier alpha value is -0.560. The van der Waals surface area contributed by atoms with E-state index in [0.717, 1.165) is 6.42 Å². The first-order chi connectivity index (χ1) is 11.3. The molecule has 0 aromatic rings. The van der Waals surface area contributed by atoms with Crippen LogP contribution in [0.5, 0.6) is 0 Å². The van der Waals surface area contributed by atoms with Gasteiger partial charge in [0.05, 0.1) is 6.61 Å². The Morgan fingerprint density at radius 2 is 1.17 bits per heavy atom. The largest absolute Gasteiger partial charge is 0.392 e. The Labute approximate surface area is 146 Å². The van der Waals surface area contributed by atoms with Crippen molar-refractivity contribution in [1.82, 2.24) is 0 Å². The lowest BCUT2D eigenvalue weighted by atomic mass is 10.0. The van der Waals surface area contributed by atoms with E-state index in [2.05, 4.69) is 26.0 Å². The fourth-order valence-electron chi connectivity index (χ4n) is 2.91. The van der Waals surface area contributed by atoms with Crippen LogP contribution in [0.15, 0.2) is 23.8 Å². The SMILES string of the molecule is CCCCCCCC/C=C\CCCCCCCCC(C)=CCO. The van der Waals surface area contributed by atoms with Crippen LogP contribution in [0.4, 0.5) is 0 Å². The lowest BCUT2D eigenvalue weighted by Gasteiger charge is -2.02. The Morgan fingerprint density at radius 3 is 1.70 bits per heavy atom. The predicted molar refractivity (Wildman–Crippen MR) is 105 cm³/mol. The van der Waals surface area contributed by atoms with Crippen molar-refractivity contribution >= 4 is 0 Å². The third-order valence-electron chi connectivity index (χ3n) is 4.52. The maximum atomic E-state index is 8.79. The molecule has 0 fully saturated rings. The molecule has 1 nitrogen and oxygen atoms in total. The van der Waals surface area contributed by atoms with Crippen LogP contribution in [0.2, 0.25) is 0 Å². The quantitative estimate of drug-likeness (QED) is 0.219. The summed E-state index contributed by atoms with van der Waals surface area (Å²) in [6, 6.07) is 0. The summed E-state index contributed by atoms with van der Waals surface area (Å²) in [5.41, 5.74) is 1.34. The topological polar surface area (TPSA) is 20.2 Å². The van der Waals surface area contributed by atoms with E-state index >= 15 is 0 Å². The number of rotatable bonds is 17. The number of hydrogen-bond acceptors (Lipinski definition) is 1. The number of unbranched alkanes of at least 4 members (excludes halogenated alkanes) is 12. The fraction of sp³-hybridized carbons (Fsp3) is 0.818. The van der Waals surface area contributed by atoms with Gasteiger partial charge in [0.15, 0.2) is 0 Å². The molecule has 1 heteroatoms. The zero-order valence-electron chi connectivity index (χ0n) is 16.0. The fourth-order valence-corrected chi connectivity index (χ4v) is 2.91. The van der Waals surface area contributed by atoms with Gasteiger partial charge in [-0.3, -0.25) is 0 Å². The summed E-state index contributed by atoms with van der Waals surface area (Å²) in [5.74, 6) is 0. The van der Waals surface area contributed by atoms with Crippen LogP contribution in [-0.2, 0) is 0 Å². The molecule has 1 N–H and O–H groups in total. The van der Waals surface area contributed by atoms with Gasteiger partial charge in [-0.15, -0.1) is 0 Å². The highest BCUT2D eigenvalue weighted by Gasteiger charge is 1.93. The molecule has 0 unspecified atom stereocenters. The van der Waals surface area contributed by atoms with Gasteiger partial charge in [-0.25, -0.2) is 0 Å². The Balaban J connectivity index is 3.15. The minimum Gasteiger partial charge on any atom is -0.392 e. The summed E-state index contributed by atoms with van der Waals surface area (Å²) in [7, 11) is 0. The minimum atomic E-state index is 0.193. The number of hydrogen-bond donors (Lipinski definition) is 1. The maximum absolute atomic E-state index is 8.79. The number of allylic oxidation sites excluding steroid dienone is 3. The molecule has 0 aliphatic heterocycles. The highest BCUT2D eigenvalue weighted by molar-refractivity contribution is 4.97. The summed E-state index contributed by atoms with van der Waals surface area (Å²) >= 11 is 0. The second-order valence-corrected chi connectivity index (χ2v) is 6.92. The van der Waals surface area contributed by atoms with Crippen molar-refractivity contribution in [3.05, 3.63) is 23.8 Å². The Morgan fingerprint density at radius 1 is 0.696 bits per heavy atom. The lowest BCUT2D eigenvalue weighted by Crippen LogP contribution is -1.84. The molecule has 0 spiro atoms. The second-order valence-electron chi connectivity index (χ2n) is 6.92. The van der Waals surface area contributed by atoms with E-state index in [4.69, 9.17) is 5.11 Å². The van der Waals surface area contributed by atoms with Gasteiger partial charge in [0, 0.05) is 0 Å². The molecule has 0 aromatic carbocycles. The average Bonchev–Trinajstić information content (AvgIpc) is 2.54. The van der Waals surface area contributed by atoms with Crippen molar-refractivity contribution in [1.29, 1.82) is 0 Å². The molecular formula is C22H42O. The molecule has 0 heterocycles. The molecule has 136 valence electrons. The van der Waals surface area contributed by atoms with Crippen LogP contribution in [-0.4, -0.2) is 11.7 Å². The molecule has 0 amide bonds. The first-order valence-corrected chi connectivity index (χ1v) is 10.2. The van der Waals surface area contributed by atoms with Gasteiger partial charge in [-0.05, 0) is 45.4 Å². The number of aliphatic hydroxyl groups excluding tert-OH is 1. The van der Waals surface area contributed by atoms with Gasteiger partial charge in [-0.2, -0.15) is 0 Å². The third kappa shape index (κ3) is 19.4. The highest BCUT2D eigenvalue weighted by atomic mass is 16.2. The van der Waals surface area contributed by atoms with Crippen LogP contribution in [0.3, 0.4) is 0 Å². The Bertz CT molecular complexity index is 278. The van der Waals surface area contributed by atoms with E-state index in [0.29, 0.717) is 0 Å². The van der Waals surface area contributed by atoms with Crippen LogP contribution >= 0.6 is 0 Å². The Kier molecular flexibility index (Phi) is 19.0. The van der Waals surface area contributed by atoms with E-state index in [9.17, 15) is 0 Å². The molecular weight excluding hydrogens is 280 g/mol. The van der Waals surface area contributed by atoms with Crippen molar-refractivity contribution in [3.8, 4) is 0 Å². The van der Waals surface area contributed by atoms with Crippen molar-refractivity contribution < 1.29 is 5.11 Å². The summed E-state index contributed by atoms with van der Waals surface area (Å²) < 4.78 is 0. The van der Waals surface area contributed by atoms with Gasteiger partial charge >= 0.3 is 0 Å². The second kappa shape index (κ2) is 19.5. The van der Waals surface area contributed by atoms with Crippen LogP contribution in [0.1, 0.15) is 110 Å². The summed E-state index contributed by atoms with van der Waals surface area (Å²) in [6.45, 7) is 4.59. The van der Waals surface area contributed by atoms with Gasteiger partial charge in [0.1, 0.15) is 0 Å².